The minimum Gasteiger partial charge on any atom is -0.467 e. The number of carbonyl (C=O) groups excluding carboxylic acids is 1. The summed E-state index contributed by atoms with van der Waals surface area (Å²) in [5.41, 5.74) is 0. The van der Waals surface area contributed by atoms with Gasteiger partial charge in [-0.15, -0.1) is 0 Å². The van der Waals surface area contributed by atoms with Crippen molar-refractivity contribution in [1.82, 2.24) is 4.90 Å². The lowest BCUT2D eigenvalue weighted by Gasteiger charge is -2.31. The topological polar surface area (TPSA) is 33.5 Å². The smallest absolute Gasteiger partial charge is 0.223 e. The molecule has 3 heteroatoms. The monoisotopic (exact) mass is 287 g/mol. The molecule has 4 rings (SSSR count). The lowest BCUT2D eigenvalue weighted by Crippen LogP contribution is -2.37. The van der Waals surface area contributed by atoms with Crippen molar-refractivity contribution in [3.05, 3.63) is 24.2 Å². The second kappa shape index (κ2) is 5.19. The Kier molecular flexibility index (Phi) is 3.31. The highest BCUT2D eigenvalue weighted by atomic mass is 16.3. The second-order valence-corrected chi connectivity index (χ2v) is 7.36. The van der Waals surface area contributed by atoms with Crippen molar-refractivity contribution in [3.63, 3.8) is 0 Å². The van der Waals surface area contributed by atoms with Gasteiger partial charge in [-0.3, -0.25) is 4.79 Å². The standard InChI is InChI=1S/C18H25NO2/c1-12(17-3-2-8-21-17)19(16-6-7-16)18(20)11-15-10-13-4-5-14(15)9-13/h2-3,8,12-16H,4-7,9-11H2,1H3. The van der Waals surface area contributed by atoms with E-state index in [4.69, 9.17) is 4.42 Å². The Balaban J connectivity index is 1.45. The normalized spacial score (nSPS) is 32.3. The van der Waals surface area contributed by atoms with Crippen molar-refractivity contribution < 1.29 is 9.21 Å². The van der Waals surface area contributed by atoms with Crippen molar-refractivity contribution in [2.45, 2.75) is 64.0 Å². The summed E-state index contributed by atoms with van der Waals surface area (Å²) in [6.07, 6.45) is 10.2. The average Bonchev–Trinajstić information content (AvgIpc) is 2.94. The van der Waals surface area contributed by atoms with Crippen LogP contribution < -0.4 is 0 Å². The number of furan rings is 1. The molecule has 0 spiro atoms. The maximum absolute atomic E-state index is 12.9. The first kappa shape index (κ1) is 13.4. The third-order valence-corrected chi connectivity index (χ3v) is 5.92. The molecule has 3 nitrogen and oxygen atoms in total. The van der Waals surface area contributed by atoms with Crippen molar-refractivity contribution in [2.75, 3.05) is 0 Å². The number of nitrogens with zero attached hydrogens (tertiary/aromatic N) is 1. The molecule has 0 aliphatic heterocycles. The molecule has 4 atom stereocenters. The zero-order chi connectivity index (χ0) is 14.4. The third kappa shape index (κ3) is 2.51. The van der Waals surface area contributed by atoms with Gasteiger partial charge in [0, 0.05) is 12.5 Å². The highest BCUT2D eigenvalue weighted by Crippen LogP contribution is 2.50. The molecule has 3 fully saturated rings. The summed E-state index contributed by atoms with van der Waals surface area (Å²) in [5.74, 6) is 3.69. The second-order valence-electron chi connectivity index (χ2n) is 7.36. The molecule has 0 N–H and O–H groups in total. The highest BCUT2D eigenvalue weighted by molar-refractivity contribution is 5.77. The van der Waals surface area contributed by atoms with E-state index in [0.29, 0.717) is 17.9 Å². The van der Waals surface area contributed by atoms with E-state index in [2.05, 4.69) is 11.8 Å². The summed E-state index contributed by atoms with van der Waals surface area (Å²) in [5, 5.41) is 0. The van der Waals surface area contributed by atoms with Crippen LogP contribution in [0.1, 0.15) is 63.7 Å². The molecule has 0 aromatic carbocycles. The zero-order valence-electron chi connectivity index (χ0n) is 12.8. The number of rotatable bonds is 5. The summed E-state index contributed by atoms with van der Waals surface area (Å²) in [6.45, 7) is 2.11. The van der Waals surface area contributed by atoms with Gasteiger partial charge in [0.2, 0.25) is 5.91 Å². The lowest BCUT2D eigenvalue weighted by atomic mass is 9.86. The van der Waals surface area contributed by atoms with Crippen molar-refractivity contribution >= 4 is 5.91 Å². The third-order valence-electron chi connectivity index (χ3n) is 5.92. The quantitative estimate of drug-likeness (QED) is 0.815. The van der Waals surface area contributed by atoms with Crippen LogP contribution in [0, 0.1) is 17.8 Å². The van der Waals surface area contributed by atoms with E-state index in [0.717, 1.165) is 36.9 Å². The van der Waals surface area contributed by atoms with Gasteiger partial charge in [-0.25, -0.2) is 0 Å². The summed E-state index contributed by atoms with van der Waals surface area (Å²) in [4.78, 5) is 15.0. The fourth-order valence-corrected chi connectivity index (χ4v) is 4.71. The van der Waals surface area contributed by atoms with Crippen molar-refractivity contribution in [2.24, 2.45) is 17.8 Å². The molecule has 1 amide bonds. The van der Waals surface area contributed by atoms with Gasteiger partial charge in [-0.2, -0.15) is 0 Å². The Morgan fingerprint density at radius 1 is 1.33 bits per heavy atom. The Labute approximate surface area is 126 Å². The summed E-state index contributed by atoms with van der Waals surface area (Å²) < 4.78 is 5.53. The minimum atomic E-state index is 0.0820. The van der Waals surface area contributed by atoms with Gasteiger partial charge >= 0.3 is 0 Å². The van der Waals surface area contributed by atoms with Gasteiger partial charge in [-0.05, 0) is 68.9 Å². The number of amides is 1. The van der Waals surface area contributed by atoms with Gasteiger partial charge in [0.1, 0.15) is 5.76 Å². The van der Waals surface area contributed by atoms with Gasteiger partial charge in [0.25, 0.3) is 0 Å². The van der Waals surface area contributed by atoms with E-state index in [1.807, 2.05) is 12.1 Å². The number of hydrogen-bond donors (Lipinski definition) is 0. The van der Waals surface area contributed by atoms with E-state index in [-0.39, 0.29) is 6.04 Å². The van der Waals surface area contributed by atoms with Crippen LogP contribution in [0.15, 0.2) is 22.8 Å². The predicted molar refractivity (Wildman–Crippen MR) is 80.5 cm³/mol. The fraction of sp³-hybridized carbons (Fsp3) is 0.722. The van der Waals surface area contributed by atoms with Gasteiger partial charge in [0.15, 0.2) is 0 Å². The average molecular weight is 287 g/mol. The molecular weight excluding hydrogens is 262 g/mol. The Hall–Kier alpha value is -1.25. The zero-order valence-corrected chi connectivity index (χ0v) is 12.8. The number of hydrogen-bond acceptors (Lipinski definition) is 2. The summed E-state index contributed by atoms with van der Waals surface area (Å²) >= 11 is 0. The Morgan fingerprint density at radius 2 is 2.19 bits per heavy atom. The van der Waals surface area contributed by atoms with Crippen LogP contribution >= 0.6 is 0 Å². The molecule has 2 bridgehead atoms. The molecule has 1 aromatic rings. The first-order valence-corrected chi connectivity index (χ1v) is 8.57. The Bertz CT molecular complexity index is 505. The van der Waals surface area contributed by atoms with Crippen LogP contribution in [0.25, 0.3) is 0 Å². The van der Waals surface area contributed by atoms with E-state index < -0.39 is 0 Å². The molecule has 0 saturated heterocycles. The fourth-order valence-electron chi connectivity index (χ4n) is 4.71. The maximum Gasteiger partial charge on any atom is 0.223 e. The van der Waals surface area contributed by atoms with Crippen LogP contribution in [0.5, 0.6) is 0 Å². The Morgan fingerprint density at radius 3 is 2.76 bits per heavy atom. The SMILES string of the molecule is CC(c1ccco1)N(C(=O)CC1CC2CCC1C2)C1CC1. The molecule has 3 saturated carbocycles. The van der Waals surface area contributed by atoms with Gasteiger partial charge < -0.3 is 9.32 Å². The number of fused-ring (bicyclic) bond motifs is 2. The number of carbonyl (C=O) groups is 1. The lowest BCUT2D eigenvalue weighted by molar-refractivity contribution is -0.135. The summed E-state index contributed by atoms with van der Waals surface area (Å²) in [6, 6.07) is 4.44. The molecular formula is C18H25NO2. The van der Waals surface area contributed by atoms with E-state index in [1.54, 1.807) is 6.26 Å². The van der Waals surface area contributed by atoms with Crippen molar-refractivity contribution in [3.8, 4) is 0 Å². The van der Waals surface area contributed by atoms with Crippen LogP contribution in [0.2, 0.25) is 0 Å². The molecule has 3 aliphatic rings. The first-order valence-electron chi connectivity index (χ1n) is 8.57. The molecule has 21 heavy (non-hydrogen) atoms. The van der Waals surface area contributed by atoms with Gasteiger partial charge in [-0.1, -0.05) is 6.42 Å². The molecule has 114 valence electrons. The van der Waals surface area contributed by atoms with E-state index in [9.17, 15) is 4.79 Å². The van der Waals surface area contributed by atoms with Crippen LogP contribution in [-0.2, 0) is 4.79 Å². The van der Waals surface area contributed by atoms with E-state index in [1.165, 1.54) is 25.7 Å². The highest BCUT2D eigenvalue weighted by Gasteiger charge is 2.43. The first-order chi connectivity index (χ1) is 10.2. The maximum atomic E-state index is 12.9. The molecule has 1 aromatic heterocycles. The van der Waals surface area contributed by atoms with Crippen LogP contribution in [0.3, 0.4) is 0 Å². The molecule has 0 radical (unpaired) electrons. The van der Waals surface area contributed by atoms with Gasteiger partial charge in [0.05, 0.1) is 12.3 Å². The van der Waals surface area contributed by atoms with Crippen LogP contribution in [0.4, 0.5) is 0 Å². The minimum absolute atomic E-state index is 0.0820. The molecule has 4 unspecified atom stereocenters. The van der Waals surface area contributed by atoms with E-state index >= 15 is 0 Å². The molecule has 1 heterocycles. The molecule has 3 aliphatic carbocycles. The van der Waals surface area contributed by atoms with Crippen molar-refractivity contribution in [1.29, 1.82) is 0 Å². The summed E-state index contributed by atoms with van der Waals surface area (Å²) in [7, 11) is 0. The largest absolute Gasteiger partial charge is 0.467 e. The van der Waals surface area contributed by atoms with Crippen LogP contribution in [-0.4, -0.2) is 16.8 Å². The predicted octanol–water partition coefficient (Wildman–Crippen LogP) is 4.16.